The molecule has 0 saturated carbocycles. The minimum absolute atomic E-state index is 0.0521. The lowest BCUT2D eigenvalue weighted by atomic mass is 9.98. The third kappa shape index (κ3) is 3.70. The van der Waals surface area contributed by atoms with Crippen molar-refractivity contribution in [1.82, 2.24) is 9.62 Å². The van der Waals surface area contributed by atoms with Crippen LogP contribution < -0.4 is 5.32 Å². The van der Waals surface area contributed by atoms with E-state index in [4.69, 9.17) is 0 Å². The number of nitro benzene ring substituents is 1. The van der Waals surface area contributed by atoms with Gasteiger partial charge in [0.2, 0.25) is 10.0 Å². The molecular formula is C15H23N3O4S. The van der Waals surface area contributed by atoms with Crippen molar-refractivity contribution in [1.29, 1.82) is 0 Å². The molecule has 0 spiro atoms. The third-order valence-electron chi connectivity index (χ3n) is 4.50. The molecule has 0 amide bonds. The van der Waals surface area contributed by atoms with Crippen molar-refractivity contribution >= 4 is 15.7 Å². The topological polar surface area (TPSA) is 92.6 Å². The molecule has 1 fully saturated rings. The van der Waals surface area contributed by atoms with Crippen LogP contribution in [0.15, 0.2) is 17.0 Å². The van der Waals surface area contributed by atoms with E-state index in [9.17, 15) is 18.5 Å². The summed E-state index contributed by atoms with van der Waals surface area (Å²) >= 11 is 0. The lowest BCUT2D eigenvalue weighted by molar-refractivity contribution is -0.385. The van der Waals surface area contributed by atoms with Gasteiger partial charge in [0.05, 0.1) is 9.82 Å². The van der Waals surface area contributed by atoms with Gasteiger partial charge in [0, 0.05) is 25.2 Å². The fourth-order valence-corrected chi connectivity index (χ4v) is 4.75. The van der Waals surface area contributed by atoms with Crippen molar-refractivity contribution in [3.63, 3.8) is 0 Å². The van der Waals surface area contributed by atoms with Gasteiger partial charge in [0.15, 0.2) is 0 Å². The highest BCUT2D eigenvalue weighted by molar-refractivity contribution is 7.89. The molecule has 8 heteroatoms. The summed E-state index contributed by atoms with van der Waals surface area (Å²) in [7, 11) is -1.81. The molecule has 1 aliphatic rings. The smallest absolute Gasteiger partial charge is 0.271 e. The van der Waals surface area contributed by atoms with Crippen LogP contribution in [0, 0.1) is 29.9 Å². The van der Waals surface area contributed by atoms with E-state index in [-0.39, 0.29) is 10.6 Å². The number of aryl methyl sites for hydroxylation is 1. The largest absolute Gasteiger partial charge is 0.319 e. The van der Waals surface area contributed by atoms with Crippen molar-refractivity contribution < 1.29 is 13.3 Å². The Morgan fingerprint density at radius 3 is 2.43 bits per heavy atom. The van der Waals surface area contributed by atoms with Crippen molar-refractivity contribution in [3.8, 4) is 0 Å². The van der Waals surface area contributed by atoms with Gasteiger partial charge in [-0.1, -0.05) is 0 Å². The summed E-state index contributed by atoms with van der Waals surface area (Å²) in [5.41, 5.74) is 1.01. The molecule has 0 radical (unpaired) electrons. The van der Waals surface area contributed by atoms with Gasteiger partial charge in [-0.3, -0.25) is 10.1 Å². The van der Waals surface area contributed by atoms with E-state index in [1.165, 1.54) is 16.4 Å². The van der Waals surface area contributed by atoms with E-state index < -0.39 is 14.9 Å². The summed E-state index contributed by atoms with van der Waals surface area (Å²) in [4.78, 5) is 10.5. The number of benzene rings is 1. The maximum Gasteiger partial charge on any atom is 0.271 e. The lowest BCUT2D eigenvalue weighted by Crippen LogP contribution is -2.40. The van der Waals surface area contributed by atoms with Crippen LogP contribution in [-0.4, -0.2) is 44.3 Å². The van der Waals surface area contributed by atoms with E-state index in [0.29, 0.717) is 30.1 Å². The number of piperidine rings is 1. The normalized spacial score (nSPS) is 17.3. The Labute approximate surface area is 136 Å². The fourth-order valence-electron chi connectivity index (χ4n) is 2.96. The first-order valence-electron chi connectivity index (χ1n) is 7.67. The molecule has 0 unspecified atom stereocenters. The second kappa shape index (κ2) is 6.94. The van der Waals surface area contributed by atoms with E-state index in [2.05, 4.69) is 5.32 Å². The second-order valence-corrected chi connectivity index (χ2v) is 7.95. The van der Waals surface area contributed by atoms with Gasteiger partial charge in [-0.25, -0.2) is 8.42 Å². The highest BCUT2D eigenvalue weighted by Crippen LogP contribution is 2.30. The first-order valence-corrected chi connectivity index (χ1v) is 9.11. The van der Waals surface area contributed by atoms with Gasteiger partial charge >= 0.3 is 0 Å². The predicted octanol–water partition coefficient (Wildman–Crippen LogP) is 1.83. The molecule has 7 nitrogen and oxygen atoms in total. The summed E-state index contributed by atoms with van der Waals surface area (Å²) in [6.45, 7) is 5.18. The zero-order chi connectivity index (χ0) is 17.2. The molecule has 128 valence electrons. The summed E-state index contributed by atoms with van der Waals surface area (Å²) in [5, 5.41) is 14.1. The van der Waals surface area contributed by atoms with Crippen LogP contribution in [0.5, 0.6) is 0 Å². The molecule has 1 aromatic rings. The number of nitrogens with zero attached hydrogens (tertiary/aromatic N) is 2. The van der Waals surface area contributed by atoms with Gasteiger partial charge in [0.25, 0.3) is 5.69 Å². The Morgan fingerprint density at radius 2 is 1.91 bits per heavy atom. The molecule has 1 N–H and O–H groups in total. The Balaban J connectivity index is 2.32. The number of nitro groups is 1. The maximum absolute atomic E-state index is 12.9. The number of rotatable bonds is 5. The first kappa shape index (κ1) is 17.8. The van der Waals surface area contributed by atoms with Crippen molar-refractivity contribution in [2.75, 3.05) is 26.7 Å². The quantitative estimate of drug-likeness (QED) is 0.651. The number of hydrogen-bond acceptors (Lipinski definition) is 5. The molecular weight excluding hydrogens is 318 g/mol. The average molecular weight is 341 g/mol. The number of sulfonamides is 1. The number of hydrogen-bond donors (Lipinski definition) is 1. The van der Waals surface area contributed by atoms with E-state index in [1.807, 2.05) is 7.05 Å². The maximum atomic E-state index is 12.9. The first-order chi connectivity index (χ1) is 10.8. The summed E-state index contributed by atoms with van der Waals surface area (Å²) in [6.07, 6.45) is 1.60. The Bertz CT molecular complexity index is 695. The van der Waals surface area contributed by atoms with E-state index in [1.54, 1.807) is 13.8 Å². The summed E-state index contributed by atoms with van der Waals surface area (Å²) < 4.78 is 27.2. The standard InChI is InChI=1S/C15H23N3O4S/c1-11-8-14(18(19)20)9-15(12(11)2)23(21,22)17-6-4-13(5-7-17)10-16-3/h8-9,13,16H,4-7,10H2,1-3H3. The minimum Gasteiger partial charge on any atom is -0.319 e. The molecule has 0 atom stereocenters. The van der Waals surface area contributed by atoms with Crippen LogP contribution in [0.4, 0.5) is 5.69 Å². The Hall–Kier alpha value is -1.51. The fraction of sp³-hybridized carbons (Fsp3) is 0.600. The Morgan fingerprint density at radius 1 is 1.30 bits per heavy atom. The van der Waals surface area contributed by atoms with Gasteiger partial charge in [-0.2, -0.15) is 4.31 Å². The Kier molecular flexibility index (Phi) is 5.38. The van der Waals surface area contributed by atoms with Crippen molar-refractivity contribution in [3.05, 3.63) is 33.4 Å². The van der Waals surface area contributed by atoms with Crippen LogP contribution in [-0.2, 0) is 10.0 Å². The summed E-state index contributed by atoms with van der Waals surface area (Å²) in [5.74, 6) is 0.472. The predicted molar refractivity (Wildman–Crippen MR) is 88.0 cm³/mol. The van der Waals surface area contributed by atoms with Crippen LogP contribution in [0.3, 0.4) is 0 Å². The lowest BCUT2D eigenvalue weighted by Gasteiger charge is -2.31. The molecule has 1 heterocycles. The molecule has 0 bridgehead atoms. The molecule has 1 aromatic carbocycles. The van der Waals surface area contributed by atoms with E-state index in [0.717, 1.165) is 19.4 Å². The molecule has 1 saturated heterocycles. The molecule has 0 aromatic heterocycles. The van der Waals surface area contributed by atoms with Crippen molar-refractivity contribution in [2.45, 2.75) is 31.6 Å². The molecule has 1 aliphatic heterocycles. The highest BCUT2D eigenvalue weighted by Gasteiger charge is 2.31. The van der Waals surface area contributed by atoms with Crippen LogP contribution in [0.1, 0.15) is 24.0 Å². The zero-order valence-electron chi connectivity index (χ0n) is 13.7. The number of non-ortho nitro benzene ring substituents is 1. The van der Waals surface area contributed by atoms with Crippen LogP contribution in [0.25, 0.3) is 0 Å². The number of nitrogens with one attached hydrogen (secondary N) is 1. The van der Waals surface area contributed by atoms with Gasteiger partial charge in [-0.15, -0.1) is 0 Å². The monoisotopic (exact) mass is 341 g/mol. The van der Waals surface area contributed by atoms with Gasteiger partial charge in [0.1, 0.15) is 0 Å². The molecule has 2 rings (SSSR count). The average Bonchev–Trinajstić information content (AvgIpc) is 2.50. The van der Waals surface area contributed by atoms with Gasteiger partial charge in [-0.05, 0) is 57.3 Å². The van der Waals surface area contributed by atoms with Crippen molar-refractivity contribution in [2.24, 2.45) is 5.92 Å². The highest BCUT2D eigenvalue weighted by atomic mass is 32.2. The third-order valence-corrected chi connectivity index (χ3v) is 6.52. The SMILES string of the molecule is CNCC1CCN(S(=O)(=O)c2cc([N+](=O)[O-])cc(C)c2C)CC1. The van der Waals surface area contributed by atoms with E-state index >= 15 is 0 Å². The van der Waals surface area contributed by atoms with Gasteiger partial charge < -0.3 is 5.32 Å². The van der Waals surface area contributed by atoms with Crippen LogP contribution in [0.2, 0.25) is 0 Å². The second-order valence-electron chi connectivity index (χ2n) is 6.05. The zero-order valence-corrected chi connectivity index (χ0v) is 14.5. The summed E-state index contributed by atoms with van der Waals surface area (Å²) in [6, 6.07) is 2.59. The molecule has 0 aliphatic carbocycles. The minimum atomic E-state index is -3.70. The molecule has 23 heavy (non-hydrogen) atoms. The van der Waals surface area contributed by atoms with Crippen LogP contribution >= 0.6 is 0 Å².